The predicted molar refractivity (Wildman–Crippen MR) is 195 cm³/mol. The van der Waals surface area contributed by atoms with E-state index < -0.39 is 8.16 Å². The van der Waals surface area contributed by atoms with E-state index in [9.17, 15) is 0 Å². The highest BCUT2D eigenvalue weighted by atomic mass is 31.1. The number of rotatable bonds is 7. The van der Waals surface area contributed by atoms with Crippen molar-refractivity contribution in [2.75, 3.05) is 11.2 Å². The van der Waals surface area contributed by atoms with Gasteiger partial charge >= 0.3 is 8.16 Å². The molecule has 7 aromatic carbocycles. The third-order valence-electron chi connectivity index (χ3n) is 8.53. The van der Waals surface area contributed by atoms with Gasteiger partial charge in [0.15, 0.2) is 0 Å². The van der Waals surface area contributed by atoms with Crippen LogP contribution in [-0.4, -0.2) is 6.54 Å². The fourth-order valence-corrected chi connectivity index (χ4v) is 7.97. The first-order valence-electron chi connectivity index (χ1n) is 15.6. The van der Waals surface area contributed by atoms with Crippen LogP contribution in [-0.2, 0) is 0 Å². The van der Waals surface area contributed by atoms with Crippen LogP contribution in [0.2, 0.25) is 0 Å². The highest BCUT2D eigenvalue weighted by Crippen LogP contribution is 2.45. The predicted octanol–water partition coefficient (Wildman–Crippen LogP) is 12.0. The lowest BCUT2D eigenvalue weighted by atomic mass is 9.98. The number of nitrogens with zero attached hydrogens (tertiary/aromatic N) is 1. The van der Waals surface area contributed by atoms with Gasteiger partial charge in [-0.3, -0.25) is 0 Å². The first-order valence-corrected chi connectivity index (χ1v) is 16.7. The lowest BCUT2D eigenvalue weighted by Gasteiger charge is -2.28. The van der Waals surface area contributed by atoms with Crippen LogP contribution in [0.3, 0.4) is 0 Å². The lowest BCUT2D eigenvalue weighted by molar-refractivity contribution is 0.612. The van der Waals surface area contributed by atoms with Gasteiger partial charge in [-0.2, -0.15) is 4.67 Å². The molecule has 4 heteroatoms. The van der Waals surface area contributed by atoms with E-state index in [1.54, 1.807) is 0 Å². The van der Waals surface area contributed by atoms with Crippen LogP contribution in [0.5, 0.6) is 0 Å². The van der Waals surface area contributed by atoms with Crippen LogP contribution in [0.1, 0.15) is 22.7 Å². The molecule has 46 heavy (non-hydrogen) atoms. The van der Waals surface area contributed by atoms with Crippen molar-refractivity contribution in [1.29, 1.82) is 0 Å². The summed E-state index contributed by atoms with van der Waals surface area (Å²) >= 11 is 0. The normalized spacial score (nSPS) is 11.9. The molecule has 0 saturated carbocycles. The minimum Gasteiger partial charge on any atom is -0.408 e. The molecule has 0 radical (unpaired) electrons. The Morgan fingerprint density at radius 3 is 1.48 bits per heavy atom. The van der Waals surface area contributed by atoms with E-state index in [4.69, 9.17) is 8.39 Å². The molecule has 0 aliphatic rings. The van der Waals surface area contributed by atoms with E-state index in [1.165, 1.54) is 21.9 Å². The van der Waals surface area contributed by atoms with E-state index in [0.29, 0.717) is 6.54 Å². The number of benzene rings is 7. The van der Waals surface area contributed by atoms with Gasteiger partial charge in [-0.05, 0) is 50.4 Å². The van der Waals surface area contributed by atoms with Crippen molar-refractivity contribution < 1.29 is 8.39 Å². The van der Waals surface area contributed by atoms with Crippen molar-refractivity contribution >= 4 is 57.7 Å². The molecule has 0 atom stereocenters. The third kappa shape index (κ3) is 5.41. The summed E-state index contributed by atoms with van der Waals surface area (Å²) in [6, 6.07) is 57.3. The Labute approximate surface area is 269 Å². The molecule has 0 spiro atoms. The molecule has 0 saturated heterocycles. The minimum absolute atomic E-state index is 0.111. The highest BCUT2D eigenvalue weighted by Gasteiger charge is 2.27. The molecule has 1 aromatic heterocycles. The Balaban J connectivity index is 1.44. The van der Waals surface area contributed by atoms with Crippen LogP contribution in [0.4, 0.5) is 0 Å². The smallest absolute Gasteiger partial charge is 0.310 e. The molecule has 0 unspecified atom stereocenters. The van der Waals surface area contributed by atoms with Crippen LogP contribution in [0.15, 0.2) is 178 Å². The summed E-state index contributed by atoms with van der Waals surface area (Å²) in [5, 5.41) is 6.79. The summed E-state index contributed by atoms with van der Waals surface area (Å²) in [6.45, 7) is 0.612. The van der Waals surface area contributed by atoms with E-state index >= 15 is 0 Å². The topological polar surface area (TPSA) is 29.5 Å². The second-order valence-electron chi connectivity index (χ2n) is 11.4. The zero-order valence-corrected chi connectivity index (χ0v) is 26.1. The van der Waals surface area contributed by atoms with Gasteiger partial charge in [0.05, 0.1) is 6.04 Å². The fourth-order valence-electron chi connectivity index (χ4n) is 6.40. The van der Waals surface area contributed by atoms with Gasteiger partial charge in [0.2, 0.25) is 0 Å². The largest absolute Gasteiger partial charge is 0.408 e. The van der Waals surface area contributed by atoms with Crippen molar-refractivity contribution in [1.82, 2.24) is 0 Å². The third-order valence-corrected chi connectivity index (χ3v) is 10.0. The Morgan fingerprint density at radius 1 is 0.500 bits per heavy atom. The molecule has 222 valence electrons. The molecular weight excluding hydrogens is 581 g/mol. The van der Waals surface area contributed by atoms with Crippen molar-refractivity contribution in [2.45, 2.75) is 6.04 Å². The van der Waals surface area contributed by atoms with Crippen molar-refractivity contribution in [3.05, 3.63) is 187 Å². The first-order chi connectivity index (χ1) is 22.8. The summed E-state index contributed by atoms with van der Waals surface area (Å²) in [5.74, 6) is 0. The zero-order valence-electron chi connectivity index (χ0n) is 25.2. The van der Waals surface area contributed by atoms with E-state index in [-0.39, 0.29) is 6.04 Å². The SMILES string of the molecule is C(=C\c1ccccc1)/CN(C(c1ccccc1)c1ccccc1)p1oc2ccc3ccccc3c2c2c(ccc3ccccc32)o1. The quantitative estimate of drug-likeness (QED) is 0.179. The van der Waals surface area contributed by atoms with Gasteiger partial charge in [-0.15, -0.1) is 0 Å². The van der Waals surface area contributed by atoms with Gasteiger partial charge in [0, 0.05) is 17.3 Å². The maximum absolute atomic E-state index is 7.12. The molecule has 0 fully saturated rings. The summed E-state index contributed by atoms with van der Waals surface area (Å²) < 4.78 is 16.6. The molecule has 0 N–H and O–H groups in total. The van der Waals surface area contributed by atoms with Crippen LogP contribution in [0.25, 0.3) is 49.6 Å². The summed E-state index contributed by atoms with van der Waals surface area (Å²) in [5.41, 5.74) is 5.17. The molecule has 8 rings (SSSR count). The first kappa shape index (κ1) is 28.2. The monoisotopic (exact) mass is 613 g/mol. The number of hydrogen-bond acceptors (Lipinski definition) is 3. The second kappa shape index (κ2) is 12.6. The zero-order chi connectivity index (χ0) is 30.7. The molecular formula is C42H32NO2P. The van der Waals surface area contributed by atoms with E-state index in [2.05, 4.69) is 175 Å². The summed E-state index contributed by atoms with van der Waals surface area (Å²) in [6.07, 6.45) is 4.40. The number of fused-ring (bicyclic) bond motifs is 7. The molecule has 0 amide bonds. The van der Waals surface area contributed by atoms with Gasteiger partial charge < -0.3 is 8.39 Å². The number of hydrogen-bond donors (Lipinski definition) is 0. The molecule has 1 heterocycles. The Bertz CT molecular complexity index is 2210. The lowest BCUT2D eigenvalue weighted by Crippen LogP contribution is -2.27. The molecule has 0 aliphatic carbocycles. The van der Waals surface area contributed by atoms with Crippen molar-refractivity contribution in [2.24, 2.45) is 0 Å². The molecule has 0 aliphatic heterocycles. The second-order valence-corrected chi connectivity index (χ2v) is 12.8. The van der Waals surface area contributed by atoms with Crippen LogP contribution < -0.4 is 4.67 Å². The summed E-state index contributed by atoms with van der Waals surface area (Å²) in [4.78, 5) is 0. The van der Waals surface area contributed by atoms with Gasteiger partial charge in [0.25, 0.3) is 0 Å². The van der Waals surface area contributed by atoms with Crippen molar-refractivity contribution in [3.63, 3.8) is 0 Å². The maximum atomic E-state index is 7.12. The molecule has 8 aromatic rings. The maximum Gasteiger partial charge on any atom is 0.310 e. The van der Waals surface area contributed by atoms with E-state index in [1.807, 2.05) is 6.07 Å². The van der Waals surface area contributed by atoms with Crippen LogP contribution in [0, 0.1) is 0 Å². The minimum atomic E-state index is -1.63. The summed E-state index contributed by atoms with van der Waals surface area (Å²) in [7, 11) is -1.63. The molecule has 3 nitrogen and oxygen atoms in total. The Morgan fingerprint density at radius 2 is 0.957 bits per heavy atom. The molecule has 0 bridgehead atoms. The average molecular weight is 614 g/mol. The standard InChI is InChI=1S/C42H32NO2P/c1-4-15-31(16-5-1)17-14-30-43(42(34-20-6-2-7-21-34)35-22-8-3-9-23-35)46-44-38-28-26-32-18-10-12-24-36(32)40(38)41-37-25-13-11-19-33(37)27-29-39(41)45-46/h1-29,42H,30H2/b17-14+. The van der Waals surface area contributed by atoms with Gasteiger partial charge in [0.1, 0.15) is 11.2 Å². The van der Waals surface area contributed by atoms with E-state index in [0.717, 1.165) is 38.3 Å². The van der Waals surface area contributed by atoms with Gasteiger partial charge in [-0.1, -0.05) is 164 Å². The Kier molecular flexibility index (Phi) is 7.70. The van der Waals surface area contributed by atoms with Gasteiger partial charge in [-0.25, -0.2) is 0 Å². The Hall–Kier alpha value is -5.34. The fraction of sp³-hybridized carbons (Fsp3) is 0.0476. The van der Waals surface area contributed by atoms with Crippen LogP contribution >= 0.6 is 8.16 Å². The average Bonchev–Trinajstić information content (AvgIpc) is 3.30. The highest BCUT2D eigenvalue weighted by molar-refractivity contribution is 7.39. The van der Waals surface area contributed by atoms with Crippen molar-refractivity contribution in [3.8, 4) is 0 Å².